The van der Waals surface area contributed by atoms with Crippen molar-refractivity contribution in [2.24, 2.45) is 0 Å². The van der Waals surface area contributed by atoms with Crippen LogP contribution in [-0.2, 0) is 9.59 Å². The van der Waals surface area contributed by atoms with Crippen LogP contribution in [0.2, 0.25) is 0 Å². The summed E-state index contributed by atoms with van der Waals surface area (Å²) in [6.45, 7) is 3.46. The monoisotopic (exact) mass is 473 g/mol. The summed E-state index contributed by atoms with van der Waals surface area (Å²) in [5.41, 5.74) is 4.26. The summed E-state index contributed by atoms with van der Waals surface area (Å²) >= 11 is 0. The van der Waals surface area contributed by atoms with E-state index in [1.807, 2.05) is 41.0 Å². The molecule has 1 aliphatic rings. The Bertz CT molecular complexity index is 1670. The molecule has 0 saturated heterocycles. The molecule has 5 rings (SSSR count). The summed E-state index contributed by atoms with van der Waals surface area (Å²) in [5, 5.41) is 18.6. The zero-order valence-electron chi connectivity index (χ0n) is 19.5. The van der Waals surface area contributed by atoms with Crippen molar-refractivity contribution in [2.75, 3.05) is 6.54 Å². The smallest absolute Gasteiger partial charge is 0.271 e. The first-order chi connectivity index (χ1) is 17.5. The van der Waals surface area contributed by atoms with E-state index in [0.717, 1.165) is 16.2 Å². The van der Waals surface area contributed by atoms with Gasteiger partial charge in [-0.1, -0.05) is 18.2 Å². The second-order valence-electron chi connectivity index (χ2n) is 8.16. The molecular formula is C28H19N5O3. The topological polar surface area (TPSA) is 116 Å². The Kier molecular flexibility index (Phi) is 5.56. The molecule has 0 saturated carbocycles. The second-order valence-corrected chi connectivity index (χ2v) is 8.16. The van der Waals surface area contributed by atoms with Gasteiger partial charge in [0.25, 0.3) is 11.8 Å². The zero-order chi connectivity index (χ0) is 25.4. The van der Waals surface area contributed by atoms with E-state index >= 15 is 0 Å². The normalized spacial score (nSPS) is 15.0. The molecule has 0 unspecified atom stereocenters. The van der Waals surface area contributed by atoms with Crippen LogP contribution in [0.3, 0.4) is 0 Å². The number of hydrogen-bond donors (Lipinski definition) is 0. The quantitative estimate of drug-likeness (QED) is 0.311. The Morgan fingerprint density at radius 2 is 1.72 bits per heavy atom. The van der Waals surface area contributed by atoms with Gasteiger partial charge in [-0.25, -0.2) is 0 Å². The molecule has 0 spiro atoms. The Hall–Kier alpha value is -5.21. The average Bonchev–Trinajstić information content (AvgIpc) is 3.45. The van der Waals surface area contributed by atoms with Crippen LogP contribution in [0.5, 0.6) is 0 Å². The summed E-state index contributed by atoms with van der Waals surface area (Å²) in [6, 6.07) is 22.2. The molecule has 174 valence electrons. The Balaban J connectivity index is 1.71. The molecule has 0 fully saturated rings. The third-order valence-corrected chi connectivity index (χ3v) is 6.09. The Morgan fingerprint density at radius 3 is 2.36 bits per heavy atom. The van der Waals surface area contributed by atoms with Crippen molar-refractivity contribution in [3.05, 3.63) is 88.6 Å². The predicted octanol–water partition coefficient (Wildman–Crippen LogP) is 4.77. The van der Waals surface area contributed by atoms with Crippen LogP contribution in [0.25, 0.3) is 34.4 Å². The van der Waals surface area contributed by atoms with E-state index in [1.165, 1.54) is 0 Å². The minimum Gasteiger partial charge on any atom is -0.434 e. The molecule has 0 radical (unpaired) electrons. The maximum atomic E-state index is 13.2. The predicted molar refractivity (Wildman–Crippen MR) is 132 cm³/mol. The molecule has 0 bridgehead atoms. The van der Waals surface area contributed by atoms with E-state index in [-0.39, 0.29) is 17.7 Å². The number of aromatic nitrogens is 2. The molecule has 0 aliphatic carbocycles. The van der Waals surface area contributed by atoms with E-state index in [2.05, 4.69) is 6.07 Å². The lowest BCUT2D eigenvalue weighted by atomic mass is 9.94. The first-order valence-corrected chi connectivity index (χ1v) is 11.2. The van der Waals surface area contributed by atoms with Crippen molar-refractivity contribution in [2.45, 2.75) is 13.8 Å². The molecule has 8 heteroatoms. The number of carbonyl (C=O) groups is 2. The number of nitriles is 2. The molecule has 2 amide bonds. The molecule has 0 atom stereocenters. The number of carbonyl (C=O) groups excluding carboxylic acids is 2. The van der Waals surface area contributed by atoms with Gasteiger partial charge in [-0.3, -0.25) is 19.1 Å². The summed E-state index contributed by atoms with van der Waals surface area (Å²) in [6.07, 6.45) is 1.66. The Morgan fingerprint density at radius 1 is 1.00 bits per heavy atom. The van der Waals surface area contributed by atoms with Crippen molar-refractivity contribution in [1.29, 1.82) is 10.5 Å². The molecular weight excluding hydrogens is 454 g/mol. The van der Waals surface area contributed by atoms with Gasteiger partial charge in [-0.05, 0) is 61.9 Å². The SMILES string of the molecule is CCN1C(=O)C(C#N)=C(C)/C(=C/c2cc3oc(-c4ccc(C#N)cc4)nc3n2-c2ccccc2)C1=O. The molecule has 2 aromatic carbocycles. The highest BCUT2D eigenvalue weighted by atomic mass is 16.3. The number of likely N-dealkylation sites (N-methyl/N-ethyl adjacent to an activating group) is 1. The number of nitrogens with zero attached hydrogens (tertiary/aromatic N) is 5. The van der Waals surface area contributed by atoms with E-state index < -0.39 is 11.8 Å². The van der Waals surface area contributed by atoms with Crippen LogP contribution in [0.15, 0.2) is 81.8 Å². The molecule has 1 aliphatic heterocycles. The zero-order valence-corrected chi connectivity index (χ0v) is 19.5. The minimum absolute atomic E-state index is 0.0505. The van der Waals surface area contributed by atoms with Crippen LogP contribution < -0.4 is 0 Å². The van der Waals surface area contributed by atoms with Gasteiger partial charge in [0.1, 0.15) is 11.6 Å². The maximum Gasteiger partial charge on any atom is 0.271 e. The number of oxazole rings is 1. The number of benzene rings is 2. The lowest BCUT2D eigenvalue weighted by Crippen LogP contribution is -2.42. The van der Waals surface area contributed by atoms with Crippen molar-refractivity contribution in [3.8, 4) is 29.3 Å². The molecule has 3 heterocycles. The van der Waals surface area contributed by atoms with Gasteiger partial charge in [0.2, 0.25) is 5.89 Å². The first-order valence-electron chi connectivity index (χ1n) is 11.2. The van der Waals surface area contributed by atoms with Crippen LogP contribution >= 0.6 is 0 Å². The van der Waals surface area contributed by atoms with E-state index in [9.17, 15) is 14.9 Å². The lowest BCUT2D eigenvalue weighted by Gasteiger charge is -2.26. The highest BCUT2D eigenvalue weighted by Crippen LogP contribution is 2.33. The van der Waals surface area contributed by atoms with E-state index in [0.29, 0.717) is 34.0 Å². The highest BCUT2D eigenvalue weighted by Gasteiger charge is 2.34. The number of rotatable bonds is 4. The lowest BCUT2D eigenvalue weighted by molar-refractivity contribution is -0.140. The first kappa shape index (κ1) is 22.6. The van der Waals surface area contributed by atoms with Crippen LogP contribution in [0, 0.1) is 22.7 Å². The van der Waals surface area contributed by atoms with Gasteiger partial charge < -0.3 is 4.42 Å². The third-order valence-electron chi connectivity index (χ3n) is 6.09. The maximum absolute atomic E-state index is 13.2. The number of fused-ring (bicyclic) bond motifs is 1. The molecule has 2 aromatic heterocycles. The van der Waals surface area contributed by atoms with Crippen LogP contribution in [-0.4, -0.2) is 32.8 Å². The fraction of sp³-hybridized carbons (Fsp3) is 0.107. The van der Waals surface area contributed by atoms with Crippen molar-refractivity contribution < 1.29 is 14.0 Å². The van der Waals surface area contributed by atoms with Gasteiger partial charge in [-0.15, -0.1) is 0 Å². The summed E-state index contributed by atoms with van der Waals surface area (Å²) < 4.78 is 7.92. The Labute approximate surface area is 206 Å². The summed E-state index contributed by atoms with van der Waals surface area (Å²) in [5.74, 6) is -0.643. The number of para-hydroxylation sites is 1. The molecule has 4 aromatic rings. The van der Waals surface area contributed by atoms with E-state index in [4.69, 9.17) is 14.7 Å². The van der Waals surface area contributed by atoms with Gasteiger partial charge in [0.15, 0.2) is 11.2 Å². The third kappa shape index (κ3) is 3.58. The molecule has 36 heavy (non-hydrogen) atoms. The standard InChI is InChI=1S/C28H19N5O3/c1-3-32-27(34)22(17(2)23(16-30)28(32)35)13-21-14-24-25(33(21)20-7-5-4-6-8-20)31-26(36-24)19-11-9-18(15-29)10-12-19/h4-14H,3H2,1-2H3/b22-13-. The van der Waals surface area contributed by atoms with Gasteiger partial charge in [0, 0.05) is 29.4 Å². The summed E-state index contributed by atoms with van der Waals surface area (Å²) in [4.78, 5) is 31.5. The number of hydrogen-bond acceptors (Lipinski definition) is 6. The largest absolute Gasteiger partial charge is 0.434 e. The van der Waals surface area contributed by atoms with Gasteiger partial charge in [0.05, 0.1) is 17.3 Å². The highest BCUT2D eigenvalue weighted by molar-refractivity contribution is 6.19. The molecule has 0 N–H and O–H groups in total. The van der Waals surface area contributed by atoms with Crippen LogP contribution in [0.1, 0.15) is 25.1 Å². The number of amides is 2. The van der Waals surface area contributed by atoms with E-state index in [1.54, 1.807) is 50.3 Å². The van der Waals surface area contributed by atoms with Crippen molar-refractivity contribution >= 4 is 29.1 Å². The fourth-order valence-corrected chi connectivity index (χ4v) is 4.23. The van der Waals surface area contributed by atoms with Gasteiger partial charge >= 0.3 is 0 Å². The van der Waals surface area contributed by atoms with Gasteiger partial charge in [-0.2, -0.15) is 15.5 Å². The fourth-order valence-electron chi connectivity index (χ4n) is 4.23. The number of imide groups is 1. The average molecular weight is 473 g/mol. The molecule has 8 nitrogen and oxygen atoms in total. The van der Waals surface area contributed by atoms with Crippen molar-refractivity contribution in [3.63, 3.8) is 0 Å². The van der Waals surface area contributed by atoms with Crippen molar-refractivity contribution in [1.82, 2.24) is 14.5 Å². The van der Waals surface area contributed by atoms with Crippen LogP contribution in [0.4, 0.5) is 0 Å². The minimum atomic E-state index is -0.583. The summed E-state index contributed by atoms with van der Waals surface area (Å²) in [7, 11) is 0. The second kappa shape index (κ2) is 8.86.